The van der Waals surface area contributed by atoms with Gasteiger partial charge in [0, 0.05) is 39.3 Å². The van der Waals surface area contributed by atoms with Gasteiger partial charge in [0.05, 0.1) is 19.6 Å². The van der Waals surface area contributed by atoms with Gasteiger partial charge in [0.2, 0.25) is 0 Å². The molecule has 2 aromatic carbocycles. The maximum absolute atomic E-state index is 11.5. The van der Waals surface area contributed by atoms with Crippen molar-refractivity contribution in [3.63, 3.8) is 0 Å². The van der Waals surface area contributed by atoms with Gasteiger partial charge in [0.25, 0.3) is 0 Å². The number of hydrogen-bond donors (Lipinski definition) is 7. The second-order valence-corrected chi connectivity index (χ2v) is 9.11. The highest BCUT2D eigenvalue weighted by molar-refractivity contribution is 6.58. The largest absolute Gasteiger partial charge is 0.488 e. The van der Waals surface area contributed by atoms with E-state index in [9.17, 15) is 49.8 Å². The fourth-order valence-electron chi connectivity index (χ4n) is 3.94. The molecular weight excluding hydrogens is 512 g/mol. The summed E-state index contributed by atoms with van der Waals surface area (Å²) in [7, 11) is -3.24. The number of carboxylic acids is 3. The van der Waals surface area contributed by atoms with Crippen LogP contribution in [0.15, 0.2) is 48.5 Å². The maximum Gasteiger partial charge on any atom is 0.488 e. The Morgan fingerprint density at radius 3 is 1.08 bits per heavy atom. The van der Waals surface area contributed by atoms with Gasteiger partial charge in [-0.25, -0.2) is 0 Å². The van der Waals surface area contributed by atoms with Gasteiger partial charge in [-0.05, 0) is 22.1 Å². The van der Waals surface area contributed by atoms with E-state index in [-0.39, 0.29) is 58.9 Å². The van der Waals surface area contributed by atoms with Crippen LogP contribution < -0.4 is 10.9 Å². The van der Waals surface area contributed by atoms with Gasteiger partial charge in [-0.2, -0.15) is 0 Å². The van der Waals surface area contributed by atoms with E-state index in [0.29, 0.717) is 10.9 Å². The first-order valence-electron chi connectivity index (χ1n) is 12.1. The third-order valence-corrected chi connectivity index (χ3v) is 5.91. The Morgan fingerprint density at radius 2 is 0.795 bits per heavy atom. The molecule has 2 aromatic rings. The molecule has 7 N–H and O–H groups in total. The van der Waals surface area contributed by atoms with Crippen LogP contribution in [0.1, 0.15) is 11.1 Å². The highest BCUT2D eigenvalue weighted by Gasteiger charge is 2.18. The molecule has 0 atom stereocenters. The van der Waals surface area contributed by atoms with E-state index in [2.05, 4.69) is 0 Å². The van der Waals surface area contributed by atoms with Crippen LogP contribution in [0.3, 0.4) is 0 Å². The fraction of sp³-hybridized carbons (Fsp3) is 0.375. The fourth-order valence-corrected chi connectivity index (χ4v) is 3.94. The standard InChI is InChI=1S/C24H33B2N3O10/c30-22(31)15-27(9-11-28(16-23(32)33)13-18-1-5-20(6-2-18)25(36)37)10-12-29(17-24(34)35)14-19-3-7-21(8-4-19)26(38)39/h1-8,36-39H,9-17H2,(H,30,31)(H,32,33)(H,34,35). The zero-order valence-corrected chi connectivity index (χ0v) is 21.3. The summed E-state index contributed by atoms with van der Waals surface area (Å²) in [5, 5.41) is 65.0. The molecule has 0 amide bonds. The topological polar surface area (TPSA) is 203 Å². The van der Waals surface area contributed by atoms with Crippen LogP contribution in [0.2, 0.25) is 0 Å². The van der Waals surface area contributed by atoms with Gasteiger partial charge < -0.3 is 35.4 Å². The average molecular weight is 545 g/mol. The Bertz CT molecular complexity index is 993. The Labute approximate surface area is 226 Å². The predicted octanol–water partition coefficient (Wildman–Crippen LogP) is -3.09. The van der Waals surface area contributed by atoms with Gasteiger partial charge in [-0.3, -0.25) is 29.1 Å². The van der Waals surface area contributed by atoms with Gasteiger partial charge in [0.15, 0.2) is 0 Å². The normalized spacial score (nSPS) is 11.3. The van der Waals surface area contributed by atoms with Crippen LogP contribution >= 0.6 is 0 Å². The summed E-state index contributed by atoms with van der Waals surface area (Å²) in [6, 6.07) is 12.7. The van der Waals surface area contributed by atoms with E-state index in [1.807, 2.05) is 0 Å². The molecule has 0 aliphatic carbocycles. The minimum Gasteiger partial charge on any atom is -0.480 e. The molecule has 0 aliphatic heterocycles. The first-order valence-corrected chi connectivity index (χ1v) is 12.1. The molecular formula is C24H33B2N3O10. The lowest BCUT2D eigenvalue weighted by Gasteiger charge is -2.28. The van der Waals surface area contributed by atoms with E-state index in [4.69, 9.17) is 0 Å². The van der Waals surface area contributed by atoms with Crippen molar-refractivity contribution in [1.82, 2.24) is 14.7 Å². The lowest BCUT2D eigenvalue weighted by Crippen LogP contribution is -2.43. The number of nitrogens with zero attached hydrogens (tertiary/aromatic N) is 3. The van der Waals surface area contributed by atoms with E-state index < -0.39 is 32.1 Å². The molecule has 0 heterocycles. The monoisotopic (exact) mass is 545 g/mol. The zero-order valence-electron chi connectivity index (χ0n) is 21.3. The summed E-state index contributed by atoms with van der Waals surface area (Å²) in [5.41, 5.74) is 2.06. The van der Waals surface area contributed by atoms with Crippen molar-refractivity contribution in [2.45, 2.75) is 13.1 Å². The van der Waals surface area contributed by atoms with E-state index in [1.165, 1.54) is 24.3 Å². The number of aliphatic carboxylic acids is 3. The summed E-state index contributed by atoms with van der Waals surface area (Å²) in [6.45, 7) is 0.394. The van der Waals surface area contributed by atoms with Crippen LogP contribution in [-0.2, 0) is 27.5 Å². The average Bonchev–Trinajstić information content (AvgIpc) is 2.85. The third-order valence-electron chi connectivity index (χ3n) is 5.91. The van der Waals surface area contributed by atoms with Gasteiger partial charge in [-0.1, -0.05) is 48.5 Å². The molecule has 0 bridgehead atoms. The summed E-state index contributed by atoms with van der Waals surface area (Å²) < 4.78 is 0. The second-order valence-electron chi connectivity index (χ2n) is 9.11. The van der Waals surface area contributed by atoms with Crippen molar-refractivity contribution in [2.75, 3.05) is 45.8 Å². The van der Waals surface area contributed by atoms with Gasteiger partial charge in [-0.15, -0.1) is 0 Å². The summed E-state index contributed by atoms with van der Waals surface area (Å²) in [4.78, 5) is 39.1. The van der Waals surface area contributed by atoms with Crippen LogP contribution in [0.25, 0.3) is 0 Å². The molecule has 0 saturated carbocycles. The molecule has 0 aliphatic rings. The summed E-state index contributed by atoms with van der Waals surface area (Å²) in [6.07, 6.45) is 0. The lowest BCUT2D eigenvalue weighted by atomic mass is 9.80. The SMILES string of the molecule is O=C(O)CN(CCN(CC(=O)O)Cc1ccc(B(O)O)cc1)CCN(CC(=O)O)Cc1ccc(B(O)O)cc1. The Balaban J connectivity index is 2.04. The quantitative estimate of drug-likeness (QED) is 0.0930. The first kappa shape index (κ1) is 31.9. The van der Waals surface area contributed by atoms with Crippen molar-refractivity contribution >= 4 is 43.1 Å². The number of hydrogen-bond acceptors (Lipinski definition) is 10. The predicted molar refractivity (Wildman–Crippen MR) is 142 cm³/mol. The van der Waals surface area contributed by atoms with Crippen molar-refractivity contribution < 1.29 is 49.8 Å². The summed E-state index contributed by atoms with van der Waals surface area (Å²) >= 11 is 0. The van der Waals surface area contributed by atoms with Crippen molar-refractivity contribution in [2.24, 2.45) is 0 Å². The zero-order chi connectivity index (χ0) is 28.9. The van der Waals surface area contributed by atoms with Crippen LogP contribution in [0.5, 0.6) is 0 Å². The van der Waals surface area contributed by atoms with E-state index >= 15 is 0 Å². The smallest absolute Gasteiger partial charge is 0.480 e. The molecule has 0 unspecified atom stereocenters. The number of benzene rings is 2. The Morgan fingerprint density at radius 1 is 0.513 bits per heavy atom. The molecule has 2 rings (SSSR count). The molecule has 13 nitrogen and oxygen atoms in total. The van der Waals surface area contributed by atoms with Crippen molar-refractivity contribution in [3.05, 3.63) is 59.7 Å². The minimum atomic E-state index is -1.62. The molecule has 0 radical (unpaired) electrons. The number of carboxylic acid groups (broad SMARTS) is 3. The van der Waals surface area contributed by atoms with Gasteiger partial charge >= 0.3 is 32.1 Å². The van der Waals surface area contributed by atoms with Gasteiger partial charge in [0.1, 0.15) is 0 Å². The first-order chi connectivity index (χ1) is 18.4. The lowest BCUT2D eigenvalue weighted by molar-refractivity contribution is -0.140. The van der Waals surface area contributed by atoms with E-state index in [1.54, 1.807) is 39.0 Å². The number of carbonyl (C=O) groups is 3. The molecule has 0 saturated heterocycles. The van der Waals surface area contributed by atoms with Crippen LogP contribution in [0.4, 0.5) is 0 Å². The molecule has 15 heteroatoms. The third kappa shape index (κ3) is 12.4. The molecule has 39 heavy (non-hydrogen) atoms. The maximum atomic E-state index is 11.5. The van der Waals surface area contributed by atoms with Crippen molar-refractivity contribution in [1.29, 1.82) is 0 Å². The minimum absolute atomic E-state index is 0.205. The molecule has 0 spiro atoms. The number of rotatable bonds is 18. The van der Waals surface area contributed by atoms with Crippen molar-refractivity contribution in [3.8, 4) is 0 Å². The highest BCUT2D eigenvalue weighted by atomic mass is 16.4. The Hall–Kier alpha value is -3.30. The Kier molecular flexibility index (Phi) is 13.1. The van der Waals surface area contributed by atoms with Crippen LogP contribution in [-0.4, -0.2) is 128 Å². The second kappa shape index (κ2) is 16.0. The van der Waals surface area contributed by atoms with E-state index in [0.717, 1.165) is 11.1 Å². The molecule has 210 valence electrons. The highest BCUT2D eigenvalue weighted by Crippen LogP contribution is 2.07. The summed E-state index contributed by atoms with van der Waals surface area (Å²) in [5.74, 6) is -3.20. The van der Waals surface area contributed by atoms with Crippen LogP contribution in [0, 0.1) is 0 Å². The molecule has 0 aromatic heterocycles. The molecule has 0 fully saturated rings.